The number of hydrogen-bond donors (Lipinski definition) is 3. The third-order valence-corrected chi connectivity index (χ3v) is 9.19. The molecule has 1 saturated carbocycles. The molecule has 0 radical (unpaired) electrons. The van der Waals surface area contributed by atoms with E-state index in [2.05, 4.69) is 30.9 Å². The number of rotatable bonds is 10. The zero-order valence-electron chi connectivity index (χ0n) is 25.3. The predicted octanol–water partition coefficient (Wildman–Crippen LogP) is 5.81. The summed E-state index contributed by atoms with van der Waals surface area (Å²) in [5.41, 5.74) is 3.63. The maximum absolute atomic E-state index is 14.5. The fourth-order valence-corrected chi connectivity index (χ4v) is 6.58. The minimum atomic E-state index is -0.645. The van der Waals surface area contributed by atoms with E-state index in [1.807, 2.05) is 43.3 Å². The van der Waals surface area contributed by atoms with Gasteiger partial charge in [-0.05, 0) is 55.9 Å². The van der Waals surface area contributed by atoms with E-state index in [0.717, 1.165) is 85.0 Å². The van der Waals surface area contributed by atoms with Crippen molar-refractivity contribution in [3.63, 3.8) is 0 Å². The Morgan fingerprint density at radius 2 is 1.87 bits per heavy atom. The van der Waals surface area contributed by atoms with Crippen LogP contribution in [0.3, 0.4) is 0 Å². The highest BCUT2D eigenvalue weighted by Gasteiger charge is 2.27. The molecule has 11 heteroatoms. The van der Waals surface area contributed by atoms with E-state index < -0.39 is 11.7 Å². The van der Waals surface area contributed by atoms with E-state index in [9.17, 15) is 14.3 Å². The number of phenolic OH excluding ortho intramolecular Hbond substituents is 1. The zero-order valence-corrected chi connectivity index (χ0v) is 26.1. The Morgan fingerprint density at radius 1 is 1.11 bits per heavy atom. The number of pyridine rings is 1. The molecule has 0 spiro atoms. The molecule has 2 fully saturated rings. The summed E-state index contributed by atoms with van der Waals surface area (Å²) in [4.78, 5) is 24.5. The molecule has 2 aromatic carbocycles. The summed E-state index contributed by atoms with van der Waals surface area (Å²) < 4.78 is 26.3. The van der Waals surface area contributed by atoms with Crippen LogP contribution in [0, 0.1) is 12.7 Å². The molecule has 1 aliphatic heterocycles. The summed E-state index contributed by atoms with van der Waals surface area (Å²) in [6, 6.07) is 14.7. The second-order valence-electron chi connectivity index (χ2n) is 11.6. The monoisotopic (exact) mass is 631 g/mol. The first kappa shape index (κ1) is 31.1. The van der Waals surface area contributed by atoms with Crippen molar-refractivity contribution in [3.8, 4) is 28.5 Å². The molecule has 2 aromatic heterocycles. The van der Waals surface area contributed by atoms with Crippen molar-refractivity contribution < 1.29 is 23.8 Å². The van der Waals surface area contributed by atoms with Crippen LogP contribution in [-0.4, -0.2) is 64.3 Å². The molecule has 236 valence electrons. The van der Waals surface area contributed by atoms with Crippen molar-refractivity contribution in [2.75, 3.05) is 26.3 Å². The number of thiazole rings is 1. The van der Waals surface area contributed by atoms with E-state index in [0.29, 0.717) is 25.8 Å². The Labute approximate surface area is 266 Å². The summed E-state index contributed by atoms with van der Waals surface area (Å²) in [5.74, 6) is -1.06. The molecule has 3 N–H and O–H groups in total. The number of morpholine rings is 1. The van der Waals surface area contributed by atoms with E-state index in [4.69, 9.17) is 9.47 Å². The first-order valence-corrected chi connectivity index (χ1v) is 16.3. The lowest BCUT2D eigenvalue weighted by Gasteiger charge is -2.30. The van der Waals surface area contributed by atoms with Gasteiger partial charge in [0.2, 0.25) is 5.88 Å². The van der Waals surface area contributed by atoms with Crippen molar-refractivity contribution in [1.29, 1.82) is 0 Å². The first-order valence-electron chi connectivity index (χ1n) is 15.4. The van der Waals surface area contributed by atoms with Crippen molar-refractivity contribution in [1.82, 2.24) is 25.5 Å². The Hall–Kier alpha value is -3.90. The summed E-state index contributed by atoms with van der Waals surface area (Å²) in [7, 11) is 0. The minimum absolute atomic E-state index is 0.0176. The van der Waals surface area contributed by atoms with E-state index >= 15 is 0 Å². The van der Waals surface area contributed by atoms with Crippen molar-refractivity contribution in [2.45, 2.75) is 57.8 Å². The largest absolute Gasteiger partial charge is 0.504 e. The number of aryl methyl sites for hydroxylation is 1. The highest BCUT2D eigenvalue weighted by molar-refractivity contribution is 7.09. The lowest BCUT2D eigenvalue weighted by atomic mass is 9.91. The van der Waals surface area contributed by atoms with Gasteiger partial charge >= 0.3 is 0 Å². The van der Waals surface area contributed by atoms with Crippen LogP contribution in [0.25, 0.3) is 11.1 Å². The molecule has 1 aliphatic carbocycles. The molecule has 9 nitrogen and oxygen atoms in total. The van der Waals surface area contributed by atoms with Gasteiger partial charge in [-0.3, -0.25) is 9.69 Å². The average Bonchev–Trinajstić information content (AvgIpc) is 3.48. The quantitative estimate of drug-likeness (QED) is 0.201. The molecule has 6 rings (SSSR count). The van der Waals surface area contributed by atoms with E-state index in [-0.39, 0.29) is 29.0 Å². The van der Waals surface area contributed by atoms with Crippen LogP contribution in [0.4, 0.5) is 4.39 Å². The fraction of sp³-hybridized carbons (Fsp3) is 0.382. The second kappa shape index (κ2) is 14.5. The van der Waals surface area contributed by atoms with Crippen molar-refractivity contribution >= 4 is 17.2 Å². The number of carbonyl (C=O) groups is 1. The third-order valence-electron chi connectivity index (χ3n) is 8.37. The fourth-order valence-electron chi connectivity index (χ4n) is 5.97. The standard InChI is InChI=1S/C34H38FN5O4S/c1-22-38-27(21-45-22)19-36-25-7-9-26(10-8-25)39-33(42)29-17-24(35)18-37-34(29)44-32-30(20-40-13-15-43-16-14-40)28(11-12-31(32)41)23-5-3-2-4-6-23/h2-6,11-12,17-18,21,25-26,36,41H,7-10,13-16,19-20H2,1H3,(H,39,42). The number of nitrogens with zero attached hydrogens (tertiary/aromatic N) is 3. The van der Waals surface area contributed by atoms with Crippen LogP contribution in [0.2, 0.25) is 0 Å². The van der Waals surface area contributed by atoms with Crippen molar-refractivity contribution in [3.05, 3.63) is 87.8 Å². The van der Waals surface area contributed by atoms with Crippen LogP contribution in [0.1, 0.15) is 52.3 Å². The maximum Gasteiger partial charge on any atom is 0.257 e. The van der Waals surface area contributed by atoms with Crippen molar-refractivity contribution in [2.24, 2.45) is 0 Å². The van der Waals surface area contributed by atoms with Gasteiger partial charge in [0.05, 0.1) is 30.1 Å². The number of ether oxygens (including phenoxy) is 2. The van der Waals surface area contributed by atoms with E-state index in [1.165, 1.54) is 0 Å². The number of amides is 1. The molecule has 0 bridgehead atoms. The molecule has 45 heavy (non-hydrogen) atoms. The van der Waals surface area contributed by atoms with Crippen LogP contribution in [-0.2, 0) is 17.8 Å². The number of aromatic hydroxyl groups is 1. The molecule has 1 saturated heterocycles. The Balaban J connectivity index is 1.19. The molecule has 1 amide bonds. The molecule has 3 heterocycles. The van der Waals surface area contributed by atoms with Crippen LogP contribution in [0.15, 0.2) is 60.1 Å². The van der Waals surface area contributed by atoms with Gasteiger partial charge in [-0.1, -0.05) is 36.4 Å². The van der Waals surface area contributed by atoms with Gasteiger partial charge < -0.3 is 25.2 Å². The SMILES string of the molecule is Cc1nc(CNC2CCC(NC(=O)c3cc(F)cnc3Oc3c(O)ccc(-c4ccccc4)c3CN3CCOCC3)CC2)cs1. The number of nitrogens with one attached hydrogen (secondary N) is 2. The van der Waals surface area contributed by atoms with Gasteiger partial charge in [-0.25, -0.2) is 14.4 Å². The smallest absolute Gasteiger partial charge is 0.257 e. The number of carbonyl (C=O) groups excluding carboxylic acids is 1. The molecule has 2 aliphatic rings. The van der Waals surface area contributed by atoms with Crippen LogP contribution in [0.5, 0.6) is 17.4 Å². The molecule has 0 atom stereocenters. The number of halogens is 1. The Morgan fingerprint density at radius 3 is 2.60 bits per heavy atom. The second-order valence-corrected chi connectivity index (χ2v) is 12.6. The maximum atomic E-state index is 14.5. The van der Waals surface area contributed by atoms with Gasteiger partial charge in [-0.15, -0.1) is 11.3 Å². The summed E-state index contributed by atoms with van der Waals surface area (Å²) in [5, 5.41) is 20.8. The molecular formula is C34H38FN5O4S. The lowest BCUT2D eigenvalue weighted by Crippen LogP contribution is -2.42. The molecular weight excluding hydrogens is 593 g/mol. The summed E-state index contributed by atoms with van der Waals surface area (Å²) in [6.07, 6.45) is 4.42. The summed E-state index contributed by atoms with van der Waals surface area (Å²) >= 11 is 1.65. The molecule has 0 unspecified atom stereocenters. The lowest BCUT2D eigenvalue weighted by molar-refractivity contribution is 0.0339. The zero-order chi connectivity index (χ0) is 31.2. The number of benzene rings is 2. The third kappa shape index (κ3) is 7.85. The summed E-state index contributed by atoms with van der Waals surface area (Å²) in [6.45, 7) is 5.91. The van der Waals surface area contributed by atoms with Gasteiger partial charge in [0.25, 0.3) is 5.91 Å². The van der Waals surface area contributed by atoms with Gasteiger partial charge in [-0.2, -0.15) is 0 Å². The average molecular weight is 632 g/mol. The number of hydrogen-bond acceptors (Lipinski definition) is 9. The minimum Gasteiger partial charge on any atom is -0.504 e. The highest BCUT2D eigenvalue weighted by Crippen LogP contribution is 2.41. The van der Waals surface area contributed by atoms with Crippen LogP contribution < -0.4 is 15.4 Å². The predicted molar refractivity (Wildman–Crippen MR) is 171 cm³/mol. The van der Waals surface area contributed by atoms with Gasteiger partial charge in [0.1, 0.15) is 11.4 Å². The molecule has 4 aromatic rings. The number of phenols is 1. The topological polar surface area (TPSA) is 109 Å². The van der Waals surface area contributed by atoms with Crippen LogP contribution >= 0.6 is 11.3 Å². The Kier molecular flexibility index (Phi) is 10.00. The highest BCUT2D eigenvalue weighted by atomic mass is 32.1. The Bertz CT molecular complexity index is 1600. The number of aromatic nitrogens is 2. The normalized spacial score (nSPS) is 18.9. The first-order chi connectivity index (χ1) is 21.9. The van der Waals surface area contributed by atoms with E-state index in [1.54, 1.807) is 17.4 Å². The van der Waals surface area contributed by atoms with Gasteiger partial charge in [0.15, 0.2) is 11.5 Å². The van der Waals surface area contributed by atoms with Gasteiger partial charge in [0, 0.05) is 49.2 Å².